The Kier molecular flexibility index (Phi) is 2.55. The molecule has 0 amide bonds. The lowest BCUT2D eigenvalue weighted by Crippen LogP contribution is -2.37. The highest BCUT2D eigenvalue weighted by atomic mass is 19.1. The summed E-state index contributed by atoms with van der Waals surface area (Å²) in [6.07, 6.45) is 1.16. The van der Waals surface area contributed by atoms with Crippen LogP contribution in [0.5, 0.6) is 0 Å². The number of aromatic amines is 1. The Balaban J connectivity index is 2.05. The van der Waals surface area contributed by atoms with Gasteiger partial charge in [-0.05, 0) is 30.7 Å². The van der Waals surface area contributed by atoms with E-state index in [4.69, 9.17) is 0 Å². The Morgan fingerprint density at radius 1 is 1.35 bits per heavy atom. The van der Waals surface area contributed by atoms with Gasteiger partial charge in [0, 0.05) is 17.8 Å². The van der Waals surface area contributed by atoms with Crippen LogP contribution in [0.15, 0.2) is 18.3 Å². The molecule has 2 aromatic rings. The molecule has 2 heterocycles. The van der Waals surface area contributed by atoms with E-state index in [-0.39, 0.29) is 11.7 Å². The number of benzene rings is 1. The second-order valence-electron chi connectivity index (χ2n) is 4.45. The molecular formula is C12H13F2N3. The van der Waals surface area contributed by atoms with Crippen molar-refractivity contribution in [2.24, 2.45) is 0 Å². The number of nitrogens with zero attached hydrogens (tertiary/aromatic N) is 1. The maximum Gasteiger partial charge on any atom is 0.127 e. The molecule has 1 aliphatic heterocycles. The molecule has 1 fully saturated rings. The number of fused-ring (bicyclic) bond motifs is 1. The van der Waals surface area contributed by atoms with Crippen LogP contribution >= 0.6 is 0 Å². The van der Waals surface area contributed by atoms with E-state index in [1.807, 2.05) is 0 Å². The summed E-state index contributed by atoms with van der Waals surface area (Å²) < 4.78 is 27.7. The van der Waals surface area contributed by atoms with Crippen LogP contribution in [0, 0.1) is 5.82 Å². The van der Waals surface area contributed by atoms with Crippen molar-refractivity contribution in [1.82, 2.24) is 15.5 Å². The third-order valence-corrected chi connectivity index (χ3v) is 3.37. The number of aromatic nitrogens is 2. The van der Waals surface area contributed by atoms with Gasteiger partial charge in [0.1, 0.15) is 12.0 Å². The van der Waals surface area contributed by atoms with E-state index in [9.17, 15) is 8.78 Å². The topological polar surface area (TPSA) is 40.7 Å². The summed E-state index contributed by atoms with van der Waals surface area (Å²) >= 11 is 0. The third-order valence-electron chi connectivity index (χ3n) is 3.37. The first-order valence-corrected chi connectivity index (χ1v) is 5.73. The third kappa shape index (κ3) is 1.80. The van der Waals surface area contributed by atoms with Crippen molar-refractivity contribution in [2.45, 2.75) is 18.5 Å². The fourth-order valence-corrected chi connectivity index (χ4v) is 2.44. The van der Waals surface area contributed by atoms with Gasteiger partial charge >= 0.3 is 0 Å². The zero-order valence-electron chi connectivity index (χ0n) is 9.21. The summed E-state index contributed by atoms with van der Waals surface area (Å²) in [5, 5.41) is 10.3. The van der Waals surface area contributed by atoms with Gasteiger partial charge in [-0.25, -0.2) is 8.78 Å². The first-order valence-electron chi connectivity index (χ1n) is 5.73. The number of halogens is 2. The summed E-state index contributed by atoms with van der Waals surface area (Å²) in [4.78, 5) is 0. The van der Waals surface area contributed by atoms with Gasteiger partial charge in [-0.15, -0.1) is 0 Å². The van der Waals surface area contributed by atoms with E-state index < -0.39 is 6.17 Å². The molecule has 3 rings (SSSR count). The van der Waals surface area contributed by atoms with Gasteiger partial charge in [0.15, 0.2) is 0 Å². The fourth-order valence-electron chi connectivity index (χ4n) is 2.44. The number of hydrogen-bond acceptors (Lipinski definition) is 2. The zero-order valence-corrected chi connectivity index (χ0v) is 9.21. The Hall–Kier alpha value is -1.49. The molecule has 2 N–H and O–H groups in total. The lowest BCUT2D eigenvalue weighted by molar-refractivity contribution is 0.228. The number of nitrogens with one attached hydrogen (secondary N) is 2. The average molecular weight is 237 g/mol. The zero-order chi connectivity index (χ0) is 11.8. The quantitative estimate of drug-likeness (QED) is 0.797. The van der Waals surface area contributed by atoms with E-state index in [1.54, 1.807) is 12.3 Å². The minimum atomic E-state index is -1.03. The van der Waals surface area contributed by atoms with E-state index in [1.165, 1.54) is 6.07 Å². The molecule has 1 aromatic heterocycles. The minimum absolute atomic E-state index is 0.297. The summed E-state index contributed by atoms with van der Waals surface area (Å²) in [5.74, 6) is -0.697. The SMILES string of the molecule is Fc1cc2cn[nH]c2cc1[C@H]1CCNC[C@H]1F. The van der Waals surface area contributed by atoms with Gasteiger partial charge in [-0.2, -0.15) is 5.10 Å². The van der Waals surface area contributed by atoms with Crippen LogP contribution in [0.1, 0.15) is 17.9 Å². The monoisotopic (exact) mass is 237 g/mol. The molecule has 0 saturated carbocycles. The van der Waals surface area contributed by atoms with Gasteiger partial charge in [0.05, 0.1) is 11.7 Å². The van der Waals surface area contributed by atoms with Gasteiger partial charge in [0.2, 0.25) is 0 Å². The number of hydrogen-bond donors (Lipinski definition) is 2. The predicted molar refractivity (Wildman–Crippen MR) is 61.2 cm³/mol. The van der Waals surface area contributed by atoms with Gasteiger partial charge < -0.3 is 5.32 Å². The first-order chi connectivity index (χ1) is 8.25. The molecule has 1 saturated heterocycles. The summed E-state index contributed by atoms with van der Waals surface area (Å²) in [6, 6.07) is 3.10. The van der Waals surface area contributed by atoms with Crippen molar-refractivity contribution in [2.75, 3.05) is 13.1 Å². The molecule has 0 unspecified atom stereocenters. The molecule has 1 aliphatic rings. The normalized spacial score (nSPS) is 25.3. The van der Waals surface area contributed by atoms with Crippen LogP contribution in [0.4, 0.5) is 8.78 Å². The maximum absolute atomic E-state index is 13.9. The average Bonchev–Trinajstić information content (AvgIpc) is 2.76. The Labute approximate surface area is 97.2 Å². The van der Waals surface area contributed by atoms with Crippen molar-refractivity contribution in [3.05, 3.63) is 29.7 Å². The highest BCUT2D eigenvalue weighted by Crippen LogP contribution is 2.31. The van der Waals surface area contributed by atoms with Crippen molar-refractivity contribution < 1.29 is 8.78 Å². The number of rotatable bonds is 1. The molecule has 1 aromatic carbocycles. The van der Waals surface area contributed by atoms with Crippen LogP contribution in [-0.2, 0) is 0 Å². The molecule has 0 spiro atoms. The Bertz CT molecular complexity index is 538. The standard InChI is InChI=1S/C12H13F2N3/c13-10-3-7-5-16-17-12(7)4-9(10)8-1-2-15-6-11(8)14/h3-5,8,11,15H,1-2,6H2,(H,16,17)/t8-,11-/m1/s1. The molecule has 0 aliphatic carbocycles. The highest BCUT2D eigenvalue weighted by molar-refractivity contribution is 5.78. The van der Waals surface area contributed by atoms with Crippen molar-refractivity contribution in [3.63, 3.8) is 0 Å². The van der Waals surface area contributed by atoms with Crippen LogP contribution in [0.3, 0.4) is 0 Å². The Morgan fingerprint density at radius 2 is 2.24 bits per heavy atom. The number of piperidine rings is 1. The molecule has 17 heavy (non-hydrogen) atoms. The van der Waals surface area contributed by atoms with E-state index in [0.717, 1.165) is 17.4 Å². The number of H-pyrrole nitrogens is 1. The van der Waals surface area contributed by atoms with Crippen LogP contribution < -0.4 is 5.32 Å². The van der Waals surface area contributed by atoms with Gasteiger partial charge in [-0.3, -0.25) is 5.10 Å². The van der Waals surface area contributed by atoms with E-state index in [2.05, 4.69) is 15.5 Å². The lowest BCUT2D eigenvalue weighted by Gasteiger charge is -2.27. The molecule has 2 atom stereocenters. The summed E-state index contributed by atoms with van der Waals surface area (Å²) in [6.45, 7) is 1.02. The van der Waals surface area contributed by atoms with Gasteiger partial charge in [-0.1, -0.05) is 0 Å². The Morgan fingerprint density at radius 3 is 3.06 bits per heavy atom. The summed E-state index contributed by atoms with van der Waals surface area (Å²) in [7, 11) is 0. The maximum atomic E-state index is 13.9. The van der Waals surface area contributed by atoms with E-state index in [0.29, 0.717) is 18.5 Å². The molecule has 0 radical (unpaired) electrons. The van der Waals surface area contributed by atoms with Crippen molar-refractivity contribution >= 4 is 10.9 Å². The smallest absolute Gasteiger partial charge is 0.127 e. The van der Waals surface area contributed by atoms with Crippen LogP contribution in [-0.4, -0.2) is 29.5 Å². The second-order valence-corrected chi connectivity index (χ2v) is 4.45. The second kappa shape index (κ2) is 4.07. The first kappa shape index (κ1) is 10.7. The van der Waals surface area contributed by atoms with Gasteiger partial charge in [0.25, 0.3) is 0 Å². The molecule has 90 valence electrons. The molecule has 5 heteroatoms. The minimum Gasteiger partial charge on any atom is -0.314 e. The van der Waals surface area contributed by atoms with Crippen LogP contribution in [0.25, 0.3) is 10.9 Å². The van der Waals surface area contributed by atoms with E-state index >= 15 is 0 Å². The fraction of sp³-hybridized carbons (Fsp3) is 0.417. The lowest BCUT2D eigenvalue weighted by atomic mass is 9.88. The van der Waals surface area contributed by atoms with Crippen molar-refractivity contribution in [1.29, 1.82) is 0 Å². The largest absolute Gasteiger partial charge is 0.314 e. The van der Waals surface area contributed by atoms with Crippen LogP contribution in [0.2, 0.25) is 0 Å². The number of alkyl halides is 1. The van der Waals surface area contributed by atoms with Crippen molar-refractivity contribution in [3.8, 4) is 0 Å². The summed E-state index contributed by atoms with van der Waals surface area (Å²) in [5.41, 5.74) is 1.21. The predicted octanol–water partition coefficient (Wildman–Crippen LogP) is 2.12. The molecular weight excluding hydrogens is 224 g/mol. The molecule has 0 bridgehead atoms. The highest BCUT2D eigenvalue weighted by Gasteiger charge is 2.28. The molecule has 3 nitrogen and oxygen atoms in total.